The first-order valence-corrected chi connectivity index (χ1v) is 8.28. The highest BCUT2D eigenvalue weighted by Gasteiger charge is 2.36. The van der Waals surface area contributed by atoms with Crippen LogP contribution in [0.1, 0.15) is 38.7 Å². The summed E-state index contributed by atoms with van der Waals surface area (Å²) in [5.74, 6) is -0.488. The standard InChI is InChI=1S/C18H26FNO3/c1-3-18(2,17-22-11-12-23-17)9-6-10-20-16(21)13-14-7-4-5-8-15(14)19/h4-5,7-8,17H,3,6,9-13H2,1-2H3,(H,20,21). The molecule has 1 amide bonds. The van der Waals surface area contributed by atoms with Crippen LogP contribution in [0.4, 0.5) is 4.39 Å². The van der Waals surface area contributed by atoms with E-state index in [1.807, 2.05) is 0 Å². The second-order valence-corrected chi connectivity index (χ2v) is 6.30. The number of carbonyl (C=O) groups is 1. The lowest BCUT2D eigenvalue weighted by Crippen LogP contribution is -2.34. The molecule has 0 radical (unpaired) electrons. The minimum absolute atomic E-state index is 0.0350. The Kier molecular flexibility index (Phi) is 6.54. The highest BCUT2D eigenvalue weighted by molar-refractivity contribution is 5.78. The van der Waals surface area contributed by atoms with Gasteiger partial charge in [0, 0.05) is 12.0 Å². The Bertz CT molecular complexity index is 517. The van der Waals surface area contributed by atoms with Gasteiger partial charge in [-0.25, -0.2) is 4.39 Å². The molecule has 1 N–H and O–H groups in total. The Labute approximate surface area is 137 Å². The predicted molar refractivity (Wildman–Crippen MR) is 86.4 cm³/mol. The summed E-state index contributed by atoms with van der Waals surface area (Å²) in [7, 11) is 0. The van der Waals surface area contributed by atoms with Crippen molar-refractivity contribution in [1.82, 2.24) is 5.32 Å². The lowest BCUT2D eigenvalue weighted by Gasteiger charge is -2.33. The molecule has 1 aliphatic heterocycles. The van der Waals surface area contributed by atoms with E-state index in [1.165, 1.54) is 6.07 Å². The summed E-state index contributed by atoms with van der Waals surface area (Å²) >= 11 is 0. The van der Waals surface area contributed by atoms with Gasteiger partial charge < -0.3 is 14.8 Å². The van der Waals surface area contributed by atoms with Gasteiger partial charge in [0.05, 0.1) is 19.6 Å². The van der Waals surface area contributed by atoms with Crippen LogP contribution in [0.25, 0.3) is 0 Å². The summed E-state index contributed by atoms with van der Waals surface area (Å²) in [6, 6.07) is 6.37. The summed E-state index contributed by atoms with van der Waals surface area (Å²) < 4.78 is 24.8. The van der Waals surface area contributed by atoms with Gasteiger partial charge in [0.1, 0.15) is 5.82 Å². The van der Waals surface area contributed by atoms with Crippen molar-refractivity contribution in [3.63, 3.8) is 0 Å². The fourth-order valence-electron chi connectivity index (χ4n) is 2.82. The smallest absolute Gasteiger partial charge is 0.224 e. The van der Waals surface area contributed by atoms with Gasteiger partial charge in [-0.15, -0.1) is 0 Å². The van der Waals surface area contributed by atoms with Gasteiger partial charge in [0.15, 0.2) is 6.29 Å². The number of amides is 1. The number of hydrogen-bond acceptors (Lipinski definition) is 3. The maximum atomic E-state index is 13.5. The monoisotopic (exact) mass is 323 g/mol. The Morgan fingerprint density at radius 1 is 1.35 bits per heavy atom. The molecule has 1 unspecified atom stereocenters. The molecule has 0 aromatic heterocycles. The number of ether oxygens (including phenoxy) is 2. The van der Waals surface area contributed by atoms with E-state index in [4.69, 9.17) is 9.47 Å². The fourth-order valence-corrected chi connectivity index (χ4v) is 2.82. The van der Waals surface area contributed by atoms with Gasteiger partial charge in [-0.2, -0.15) is 0 Å². The summed E-state index contributed by atoms with van der Waals surface area (Å²) in [5.41, 5.74) is 0.392. The zero-order valence-corrected chi connectivity index (χ0v) is 13.9. The molecule has 1 saturated heterocycles. The van der Waals surface area contributed by atoms with Crippen LogP contribution in [0, 0.1) is 11.2 Å². The second-order valence-electron chi connectivity index (χ2n) is 6.30. The third-order valence-electron chi connectivity index (χ3n) is 4.55. The van der Waals surface area contributed by atoms with Crippen LogP contribution in [0.5, 0.6) is 0 Å². The van der Waals surface area contributed by atoms with Crippen molar-refractivity contribution in [3.8, 4) is 0 Å². The van der Waals surface area contributed by atoms with Gasteiger partial charge in [0.25, 0.3) is 0 Å². The molecular weight excluding hydrogens is 297 g/mol. The molecule has 0 spiro atoms. The SMILES string of the molecule is CCC(C)(CCCNC(=O)Cc1ccccc1F)C1OCCO1. The van der Waals surface area contributed by atoms with E-state index in [-0.39, 0.29) is 29.9 Å². The summed E-state index contributed by atoms with van der Waals surface area (Å²) in [5, 5.41) is 2.86. The first-order valence-electron chi connectivity index (χ1n) is 8.28. The maximum absolute atomic E-state index is 13.5. The van der Waals surface area contributed by atoms with Crippen LogP contribution < -0.4 is 5.32 Å². The minimum Gasteiger partial charge on any atom is -0.356 e. The van der Waals surface area contributed by atoms with Crippen LogP contribution in [-0.4, -0.2) is 32.0 Å². The molecule has 2 rings (SSSR count). The third-order valence-corrected chi connectivity index (χ3v) is 4.55. The Morgan fingerprint density at radius 2 is 2.04 bits per heavy atom. The fraction of sp³-hybridized carbons (Fsp3) is 0.611. The number of rotatable bonds is 8. The van der Waals surface area contributed by atoms with Gasteiger partial charge in [-0.3, -0.25) is 4.79 Å². The molecule has 4 nitrogen and oxygen atoms in total. The van der Waals surface area contributed by atoms with Gasteiger partial charge >= 0.3 is 0 Å². The molecule has 5 heteroatoms. The van der Waals surface area contributed by atoms with Crippen molar-refractivity contribution in [3.05, 3.63) is 35.6 Å². The van der Waals surface area contributed by atoms with E-state index in [0.29, 0.717) is 25.3 Å². The molecule has 1 aliphatic rings. The molecule has 1 aromatic rings. The van der Waals surface area contributed by atoms with Crippen molar-refractivity contribution in [2.45, 2.75) is 45.8 Å². The van der Waals surface area contributed by atoms with Crippen LogP contribution in [0.2, 0.25) is 0 Å². The predicted octanol–water partition coefficient (Wildman–Crippen LogP) is 3.05. The number of benzene rings is 1. The van der Waals surface area contributed by atoms with Crippen LogP contribution in [0.15, 0.2) is 24.3 Å². The molecule has 1 atom stereocenters. The molecular formula is C18H26FNO3. The van der Waals surface area contributed by atoms with Crippen molar-refractivity contribution >= 4 is 5.91 Å². The van der Waals surface area contributed by atoms with Crippen LogP contribution >= 0.6 is 0 Å². The number of nitrogens with one attached hydrogen (secondary N) is 1. The van der Waals surface area contributed by atoms with Crippen LogP contribution in [0.3, 0.4) is 0 Å². The largest absolute Gasteiger partial charge is 0.356 e. The molecule has 1 aromatic carbocycles. The average Bonchev–Trinajstić information content (AvgIpc) is 3.09. The van der Waals surface area contributed by atoms with E-state index in [0.717, 1.165) is 19.3 Å². The zero-order valence-electron chi connectivity index (χ0n) is 13.9. The molecule has 0 aliphatic carbocycles. The highest BCUT2D eigenvalue weighted by atomic mass is 19.1. The lowest BCUT2D eigenvalue weighted by molar-refractivity contribution is -0.131. The van der Waals surface area contributed by atoms with Crippen molar-refractivity contribution in [2.24, 2.45) is 5.41 Å². The lowest BCUT2D eigenvalue weighted by atomic mass is 9.82. The Morgan fingerprint density at radius 3 is 2.70 bits per heavy atom. The maximum Gasteiger partial charge on any atom is 0.224 e. The number of hydrogen-bond donors (Lipinski definition) is 1. The molecule has 23 heavy (non-hydrogen) atoms. The second kappa shape index (κ2) is 8.41. The molecule has 1 fully saturated rings. The first kappa shape index (κ1) is 17.9. The molecule has 0 bridgehead atoms. The summed E-state index contributed by atoms with van der Waals surface area (Å²) in [4.78, 5) is 11.9. The zero-order chi connectivity index (χ0) is 16.7. The Balaban J connectivity index is 1.72. The van der Waals surface area contributed by atoms with Crippen molar-refractivity contribution in [1.29, 1.82) is 0 Å². The quantitative estimate of drug-likeness (QED) is 0.748. The first-order chi connectivity index (χ1) is 11.0. The number of halogens is 1. The van der Waals surface area contributed by atoms with Gasteiger partial charge in [-0.1, -0.05) is 32.0 Å². The van der Waals surface area contributed by atoms with E-state index in [2.05, 4.69) is 19.2 Å². The van der Waals surface area contributed by atoms with E-state index < -0.39 is 0 Å². The molecule has 1 heterocycles. The van der Waals surface area contributed by atoms with Crippen LogP contribution in [-0.2, 0) is 20.7 Å². The van der Waals surface area contributed by atoms with E-state index in [9.17, 15) is 9.18 Å². The van der Waals surface area contributed by atoms with Gasteiger partial charge in [-0.05, 0) is 30.9 Å². The topological polar surface area (TPSA) is 47.6 Å². The van der Waals surface area contributed by atoms with E-state index >= 15 is 0 Å². The van der Waals surface area contributed by atoms with E-state index in [1.54, 1.807) is 18.2 Å². The Hall–Kier alpha value is -1.46. The highest BCUT2D eigenvalue weighted by Crippen LogP contribution is 2.35. The molecule has 128 valence electrons. The average molecular weight is 323 g/mol. The molecule has 0 saturated carbocycles. The summed E-state index contributed by atoms with van der Waals surface area (Å²) in [6.07, 6.45) is 2.64. The normalized spacial score (nSPS) is 17.9. The minimum atomic E-state index is -0.336. The summed E-state index contributed by atoms with van der Waals surface area (Å²) in [6.45, 7) is 6.17. The van der Waals surface area contributed by atoms with Crippen molar-refractivity contribution in [2.75, 3.05) is 19.8 Å². The van der Waals surface area contributed by atoms with Crippen molar-refractivity contribution < 1.29 is 18.7 Å². The van der Waals surface area contributed by atoms with Gasteiger partial charge in [0.2, 0.25) is 5.91 Å². The number of carbonyl (C=O) groups excluding carboxylic acids is 1. The third kappa shape index (κ3) is 5.01.